The van der Waals surface area contributed by atoms with Crippen molar-refractivity contribution in [2.45, 2.75) is 19.9 Å². The van der Waals surface area contributed by atoms with Gasteiger partial charge in [-0.05, 0) is 26.0 Å². The molecular formula is C12H18N4O4. The fourth-order valence-electron chi connectivity index (χ4n) is 1.89. The standard InChI is InChI=1S/C12H18N4O4/c1-8(2)15(6-7-17)12(18)9-4-3-5-10(14-13)11(9)16(19)20/h3-5,8,14,17H,6-7,13H2,1-2H3. The largest absolute Gasteiger partial charge is 0.395 e. The molecule has 0 aliphatic rings. The summed E-state index contributed by atoms with van der Waals surface area (Å²) in [5, 5.41) is 20.1. The van der Waals surface area contributed by atoms with Crippen molar-refractivity contribution in [3.05, 3.63) is 33.9 Å². The number of carbonyl (C=O) groups is 1. The SMILES string of the molecule is CC(C)N(CCO)C(=O)c1cccc(NN)c1[N+](=O)[O-]. The number of aliphatic hydroxyl groups excluding tert-OH is 1. The van der Waals surface area contributed by atoms with Crippen LogP contribution < -0.4 is 11.3 Å². The Hall–Kier alpha value is -2.19. The Bertz CT molecular complexity index is 504. The molecule has 0 aliphatic heterocycles. The van der Waals surface area contributed by atoms with Gasteiger partial charge in [0.05, 0.1) is 11.5 Å². The van der Waals surface area contributed by atoms with E-state index in [1.54, 1.807) is 13.8 Å². The molecule has 0 unspecified atom stereocenters. The molecule has 0 heterocycles. The normalized spacial score (nSPS) is 10.4. The highest BCUT2D eigenvalue weighted by molar-refractivity contribution is 6.00. The van der Waals surface area contributed by atoms with Gasteiger partial charge in [0, 0.05) is 12.6 Å². The molecule has 8 heteroatoms. The molecule has 20 heavy (non-hydrogen) atoms. The summed E-state index contributed by atoms with van der Waals surface area (Å²) in [6.45, 7) is 3.43. The van der Waals surface area contributed by atoms with Gasteiger partial charge in [-0.3, -0.25) is 20.8 Å². The van der Waals surface area contributed by atoms with Gasteiger partial charge in [0.15, 0.2) is 0 Å². The Morgan fingerprint density at radius 1 is 1.55 bits per heavy atom. The summed E-state index contributed by atoms with van der Waals surface area (Å²) in [7, 11) is 0. The average Bonchev–Trinajstić information content (AvgIpc) is 2.42. The fourth-order valence-corrected chi connectivity index (χ4v) is 1.89. The number of nitro benzene ring substituents is 1. The number of aliphatic hydroxyl groups is 1. The Balaban J connectivity index is 3.30. The highest BCUT2D eigenvalue weighted by Gasteiger charge is 2.28. The van der Waals surface area contributed by atoms with Crippen LogP contribution in [0.2, 0.25) is 0 Å². The Labute approximate surface area is 116 Å². The molecule has 0 saturated heterocycles. The van der Waals surface area contributed by atoms with Crippen LogP contribution >= 0.6 is 0 Å². The molecule has 0 saturated carbocycles. The van der Waals surface area contributed by atoms with Crippen LogP contribution in [0.5, 0.6) is 0 Å². The fraction of sp³-hybridized carbons (Fsp3) is 0.417. The molecule has 1 aromatic rings. The first-order valence-electron chi connectivity index (χ1n) is 6.09. The zero-order valence-corrected chi connectivity index (χ0v) is 11.4. The molecule has 1 rings (SSSR count). The number of nitrogens with zero attached hydrogens (tertiary/aromatic N) is 2. The molecule has 0 bridgehead atoms. The predicted octanol–water partition coefficient (Wildman–Crippen LogP) is 0.723. The molecule has 0 aromatic heterocycles. The first kappa shape index (κ1) is 15.9. The average molecular weight is 282 g/mol. The maximum atomic E-state index is 12.4. The van der Waals surface area contributed by atoms with Crippen molar-refractivity contribution in [2.24, 2.45) is 5.84 Å². The van der Waals surface area contributed by atoms with Gasteiger partial charge in [-0.25, -0.2) is 0 Å². The number of carbonyl (C=O) groups excluding carboxylic acids is 1. The molecule has 1 aromatic carbocycles. The van der Waals surface area contributed by atoms with Crippen molar-refractivity contribution in [1.82, 2.24) is 4.90 Å². The summed E-state index contributed by atoms with van der Waals surface area (Å²) in [6, 6.07) is 4.10. The quantitative estimate of drug-likeness (QED) is 0.401. The molecule has 0 radical (unpaired) electrons. The first-order chi connectivity index (χ1) is 9.43. The van der Waals surface area contributed by atoms with Crippen molar-refractivity contribution in [1.29, 1.82) is 0 Å². The molecule has 4 N–H and O–H groups in total. The number of hydrazine groups is 1. The van der Waals surface area contributed by atoms with E-state index in [9.17, 15) is 14.9 Å². The van der Waals surface area contributed by atoms with Crippen molar-refractivity contribution < 1.29 is 14.8 Å². The van der Waals surface area contributed by atoms with Crippen molar-refractivity contribution >= 4 is 17.3 Å². The van der Waals surface area contributed by atoms with Gasteiger partial charge in [0.25, 0.3) is 5.91 Å². The van der Waals surface area contributed by atoms with E-state index in [4.69, 9.17) is 10.9 Å². The third-order valence-electron chi connectivity index (χ3n) is 2.83. The van der Waals surface area contributed by atoms with Crippen LogP contribution in [-0.4, -0.2) is 40.0 Å². The number of nitrogens with two attached hydrogens (primary N) is 1. The van der Waals surface area contributed by atoms with Crippen molar-refractivity contribution in [3.63, 3.8) is 0 Å². The Morgan fingerprint density at radius 3 is 2.65 bits per heavy atom. The van der Waals surface area contributed by atoms with E-state index < -0.39 is 10.8 Å². The van der Waals surface area contributed by atoms with Crippen LogP contribution in [0, 0.1) is 10.1 Å². The Morgan fingerprint density at radius 2 is 2.20 bits per heavy atom. The van der Waals surface area contributed by atoms with Crippen LogP contribution in [0.1, 0.15) is 24.2 Å². The van der Waals surface area contributed by atoms with E-state index in [1.165, 1.54) is 23.1 Å². The molecule has 0 spiro atoms. The maximum absolute atomic E-state index is 12.4. The summed E-state index contributed by atoms with van der Waals surface area (Å²) >= 11 is 0. The van der Waals surface area contributed by atoms with E-state index in [-0.39, 0.29) is 36.1 Å². The van der Waals surface area contributed by atoms with Crippen LogP contribution in [0.15, 0.2) is 18.2 Å². The number of hydrogen-bond donors (Lipinski definition) is 3. The minimum atomic E-state index is -0.653. The van der Waals surface area contributed by atoms with Gasteiger partial charge in [-0.1, -0.05) is 6.07 Å². The highest BCUT2D eigenvalue weighted by Crippen LogP contribution is 2.29. The van der Waals surface area contributed by atoms with Crippen LogP contribution in [0.25, 0.3) is 0 Å². The first-order valence-corrected chi connectivity index (χ1v) is 6.09. The van der Waals surface area contributed by atoms with Gasteiger partial charge in [0.1, 0.15) is 11.3 Å². The summed E-state index contributed by atoms with van der Waals surface area (Å²) < 4.78 is 0. The van der Waals surface area contributed by atoms with E-state index >= 15 is 0 Å². The number of rotatable bonds is 6. The molecule has 8 nitrogen and oxygen atoms in total. The van der Waals surface area contributed by atoms with Gasteiger partial charge < -0.3 is 15.4 Å². The number of anilines is 1. The van der Waals surface area contributed by atoms with Gasteiger partial charge in [-0.15, -0.1) is 0 Å². The van der Waals surface area contributed by atoms with Crippen LogP contribution in [-0.2, 0) is 0 Å². The second-order valence-electron chi connectivity index (χ2n) is 4.42. The van der Waals surface area contributed by atoms with Gasteiger partial charge >= 0.3 is 5.69 Å². The third-order valence-corrected chi connectivity index (χ3v) is 2.83. The second kappa shape index (κ2) is 6.83. The highest BCUT2D eigenvalue weighted by atomic mass is 16.6. The zero-order chi connectivity index (χ0) is 15.3. The number of para-hydroxylation sites is 1. The van der Waals surface area contributed by atoms with Crippen LogP contribution in [0.4, 0.5) is 11.4 Å². The third kappa shape index (κ3) is 3.22. The summed E-state index contributed by atoms with van der Waals surface area (Å²) in [5.74, 6) is 4.72. The number of nitrogen functional groups attached to an aromatic ring is 1. The van der Waals surface area contributed by atoms with Gasteiger partial charge in [-0.2, -0.15) is 0 Å². The molecule has 1 amide bonds. The molecular weight excluding hydrogens is 264 g/mol. The summed E-state index contributed by atoms with van der Waals surface area (Å²) in [4.78, 5) is 24.3. The van der Waals surface area contributed by atoms with E-state index in [0.717, 1.165) is 0 Å². The lowest BCUT2D eigenvalue weighted by Gasteiger charge is -2.26. The number of nitrogens with one attached hydrogen (secondary N) is 1. The number of hydrogen-bond acceptors (Lipinski definition) is 6. The lowest BCUT2D eigenvalue weighted by molar-refractivity contribution is -0.384. The molecule has 0 fully saturated rings. The number of amides is 1. The lowest BCUT2D eigenvalue weighted by atomic mass is 10.1. The minimum Gasteiger partial charge on any atom is -0.395 e. The second-order valence-corrected chi connectivity index (χ2v) is 4.42. The number of nitro groups is 1. The summed E-state index contributed by atoms with van der Waals surface area (Å²) in [6.07, 6.45) is 0. The van der Waals surface area contributed by atoms with E-state index in [0.29, 0.717) is 0 Å². The monoisotopic (exact) mass is 282 g/mol. The van der Waals surface area contributed by atoms with Crippen molar-refractivity contribution in [2.75, 3.05) is 18.6 Å². The Kier molecular flexibility index (Phi) is 5.42. The predicted molar refractivity (Wildman–Crippen MR) is 74.2 cm³/mol. The van der Waals surface area contributed by atoms with Gasteiger partial charge in [0.2, 0.25) is 0 Å². The topological polar surface area (TPSA) is 122 Å². The molecule has 0 atom stereocenters. The van der Waals surface area contributed by atoms with E-state index in [2.05, 4.69) is 5.43 Å². The molecule has 110 valence electrons. The van der Waals surface area contributed by atoms with E-state index in [1.807, 2.05) is 0 Å². The summed E-state index contributed by atoms with van der Waals surface area (Å²) in [5.41, 5.74) is 1.84. The minimum absolute atomic E-state index is 0.0624. The zero-order valence-electron chi connectivity index (χ0n) is 11.4. The smallest absolute Gasteiger partial charge is 0.306 e. The van der Waals surface area contributed by atoms with Crippen molar-refractivity contribution in [3.8, 4) is 0 Å². The lowest BCUT2D eigenvalue weighted by Crippen LogP contribution is -2.39. The van der Waals surface area contributed by atoms with Crippen LogP contribution in [0.3, 0.4) is 0 Å². The number of benzene rings is 1. The maximum Gasteiger partial charge on any atom is 0.306 e. The molecule has 0 aliphatic carbocycles.